The van der Waals surface area contributed by atoms with E-state index >= 15 is 0 Å². The number of nitrogens with zero attached hydrogens (tertiary/aromatic N) is 1. The molecule has 0 fully saturated rings. The van der Waals surface area contributed by atoms with Crippen LogP contribution in [0.25, 0.3) is 16.5 Å². The van der Waals surface area contributed by atoms with Gasteiger partial charge in [0, 0.05) is 32.2 Å². The molecule has 10 heteroatoms. The predicted molar refractivity (Wildman–Crippen MR) is 137 cm³/mol. The van der Waals surface area contributed by atoms with Gasteiger partial charge >= 0.3 is 11.9 Å². The van der Waals surface area contributed by atoms with Crippen LogP contribution in [0.1, 0.15) is 25.8 Å². The molecule has 0 aliphatic rings. The van der Waals surface area contributed by atoms with E-state index < -0.39 is 16.7 Å². The summed E-state index contributed by atoms with van der Waals surface area (Å²) < 4.78 is 13.6. The Morgan fingerprint density at radius 3 is 2.27 bits per heavy atom. The summed E-state index contributed by atoms with van der Waals surface area (Å²) >= 11 is 5.95. The monoisotopic (exact) mass is 517 g/mol. The molecule has 3 rings (SSSR count). The maximum atomic E-state index is 12.1. The third-order valence-electron chi connectivity index (χ3n) is 4.20. The second kappa shape index (κ2) is 11.5. The van der Waals surface area contributed by atoms with E-state index in [1.54, 1.807) is 77.0 Å². The van der Waals surface area contributed by atoms with Gasteiger partial charge in [0.25, 0.3) is 0 Å². The van der Waals surface area contributed by atoms with Gasteiger partial charge in [-0.15, -0.1) is 4.91 Å². The van der Waals surface area contributed by atoms with Gasteiger partial charge in [0.1, 0.15) is 15.3 Å². The van der Waals surface area contributed by atoms with Gasteiger partial charge in [-0.3, -0.25) is 4.79 Å². The van der Waals surface area contributed by atoms with Gasteiger partial charge in [0.2, 0.25) is 0 Å². The molecule has 0 N–H and O–H groups in total. The van der Waals surface area contributed by atoms with Crippen LogP contribution in [0.5, 0.6) is 11.5 Å². The van der Waals surface area contributed by atoms with Crippen LogP contribution >= 0.6 is 44.8 Å². The summed E-state index contributed by atoms with van der Waals surface area (Å²) in [6.07, 6.45) is 2.97. The van der Waals surface area contributed by atoms with Crippen LogP contribution in [0.15, 0.2) is 65.3 Å². The van der Waals surface area contributed by atoms with Gasteiger partial charge in [-0.25, -0.2) is 4.79 Å². The minimum absolute atomic E-state index is 0.0424. The Balaban J connectivity index is 1.52. The number of nitroso groups, excluding NO2 is 1. The van der Waals surface area contributed by atoms with Gasteiger partial charge in [0.05, 0.1) is 6.42 Å². The molecule has 0 radical (unpaired) electrons. The molecular formula is C23H19NO5S4. The van der Waals surface area contributed by atoms with E-state index in [0.29, 0.717) is 11.5 Å². The Hall–Kier alpha value is -2.66. The van der Waals surface area contributed by atoms with Gasteiger partial charge in [-0.1, -0.05) is 45.0 Å². The molecule has 0 bridgehead atoms. The highest BCUT2D eigenvalue weighted by Gasteiger charge is 2.25. The van der Waals surface area contributed by atoms with Crippen molar-refractivity contribution in [2.45, 2.75) is 25.0 Å². The molecule has 0 saturated heterocycles. The van der Waals surface area contributed by atoms with Crippen LogP contribution in [-0.2, 0) is 9.59 Å². The van der Waals surface area contributed by atoms with Gasteiger partial charge in [-0.05, 0) is 73.5 Å². The molecule has 0 unspecified atom stereocenters. The summed E-state index contributed by atoms with van der Waals surface area (Å²) in [6.45, 7) is 3.48. The van der Waals surface area contributed by atoms with Crippen LogP contribution in [0, 0.1) is 8.73 Å². The maximum absolute atomic E-state index is 12.1. The van der Waals surface area contributed by atoms with Crippen molar-refractivity contribution in [2.75, 3.05) is 0 Å². The first-order chi connectivity index (χ1) is 15.7. The van der Waals surface area contributed by atoms with Crippen LogP contribution in [0.2, 0.25) is 0 Å². The molecular weight excluding hydrogens is 499 g/mol. The van der Waals surface area contributed by atoms with Gasteiger partial charge < -0.3 is 9.47 Å². The molecule has 0 aliphatic heterocycles. The van der Waals surface area contributed by atoms with Gasteiger partial charge in [0.15, 0.2) is 0 Å². The molecule has 1 heterocycles. The molecule has 6 nitrogen and oxygen atoms in total. The minimum Gasteiger partial charge on any atom is -0.426 e. The number of carbonyl (C=O) groups is 2. The topological polar surface area (TPSA) is 82.0 Å². The number of rotatable bonds is 9. The van der Waals surface area contributed by atoms with Crippen molar-refractivity contribution in [1.29, 1.82) is 0 Å². The summed E-state index contributed by atoms with van der Waals surface area (Å²) in [7, 11) is 3.16. The fraction of sp³-hybridized carbons (Fsp3) is 0.174. The molecule has 3 aromatic rings. The van der Waals surface area contributed by atoms with E-state index in [2.05, 4.69) is 4.58 Å². The molecule has 0 aliphatic carbocycles. The number of carbonyl (C=O) groups excluding carboxylic acids is 2. The zero-order chi connectivity index (χ0) is 23.8. The molecule has 1 aromatic heterocycles. The van der Waals surface area contributed by atoms with Crippen molar-refractivity contribution >= 4 is 62.9 Å². The molecule has 0 spiro atoms. The van der Waals surface area contributed by atoms with Crippen LogP contribution in [-0.4, -0.2) is 16.7 Å². The van der Waals surface area contributed by atoms with Crippen molar-refractivity contribution in [3.8, 4) is 21.9 Å². The van der Waals surface area contributed by atoms with Crippen LogP contribution < -0.4 is 9.47 Å². The summed E-state index contributed by atoms with van der Waals surface area (Å²) in [5.74, 6) is -0.152. The zero-order valence-electron chi connectivity index (χ0n) is 17.7. The van der Waals surface area contributed by atoms with E-state index in [1.807, 2.05) is 18.2 Å². The number of esters is 2. The zero-order valence-corrected chi connectivity index (χ0v) is 20.9. The van der Waals surface area contributed by atoms with E-state index in [0.717, 1.165) is 31.8 Å². The fourth-order valence-electron chi connectivity index (χ4n) is 2.67. The average molecular weight is 518 g/mol. The van der Waals surface area contributed by atoms with E-state index in [1.165, 1.54) is 6.08 Å². The third kappa shape index (κ3) is 8.01. The number of hydrogen-bond acceptors (Lipinski definition) is 10. The van der Waals surface area contributed by atoms with Gasteiger partial charge in [-0.2, -0.15) is 0 Å². The van der Waals surface area contributed by atoms with Crippen molar-refractivity contribution in [1.82, 2.24) is 0 Å². The Labute approximate surface area is 207 Å². The lowest BCUT2D eigenvalue weighted by Crippen LogP contribution is -2.22. The lowest BCUT2D eigenvalue weighted by atomic mass is 10.1. The largest absolute Gasteiger partial charge is 0.426 e. The van der Waals surface area contributed by atoms with Crippen molar-refractivity contribution in [3.63, 3.8) is 0 Å². The van der Waals surface area contributed by atoms with Crippen LogP contribution in [0.4, 0.5) is 0 Å². The lowest BCUT2D eigenvalue weighted by molar-refractivity contribution is -0.134. The number of ether oxygens (including phenoxy) is 2. The summed E-state index contributed by atoms with van der Waals surface area (Å²) in [6, 6.07) is 15.9. The Morgan fingerprint density at radius 2 is 1.67 bits per heavy atom. The Bertz CT molecular complexity index is 1210. The molecule has 0 saturated carbocycles. The van der Waals surface area contributed by atoms with Crippen molar-refractivity contribution in [3.05, 3.63) is 75.0 Å². The quantitative estimate of drug-likeness (QED) is 0.0559. The first kappa shape index (κ1) is 25.0. The highest BCUT2D eigenvalue weighted by molar-refractivity contribution is 7.99. The first-order valence-corrected chi connectivity index (χ1v) is 13.0. The Morgan fingerprint density at radius 1 is 1.03 bits per heavy atom. The van der Waals surface area contributed by atoms with E-state index in [9.17, 15) is 14.5 Å². The highest BCUT2D eigenvalue weighted by Crippen LogP contribution is 2.31. The fourth-order valence-corrected chi connectivity index (χ4v) is 5.46. The molecule has 170 valence electrons. The van der Waals surface area contributed by atoms with Crippen molar-refractivity contribution in [2.24, 2.45) is 4.58 Å². The molecule has 2 aromatic carbocycles. The van der Waals surface area contributed by atoms with E-state index in [4.69, 9.17) is 21.7 Å². The predicted octanol–water partition coefficient (Wildman–Crippen LogP) is 7.31. The number of hydrogen-bond donors (Lipinski definition) is 0. The van der Waals surface area contributed by atoms with E-state index in [-0.39, 0.29) is 6.42 Å². The number of benzene rings is 2. The lowest BCUT2D eigenvalue weighted by Gasteiger charge is -2.17. The Kier molecular flexibility index (Phi) is 8.67. The smallest absolute Gasteiger partial charge is 0.336 e. The molecule has 33 heavy (non-hydrogen) atoms. The molecule has 0 amide bonds. The minimum atomic E-state index is -0.637. The standard InChI is InChI=1S/C23H19NO5S4/c1-23(2,33-24-27)14-21(26)29-17-8-3-15(4-9-17)5-12-20(25)28-18-10-6-16(7-11-18)19-13-22(30)32-31-19/h3-13H,14H2,1-2H3. The third-order valence-corrected chi connectivity index (χ3v) is 7.82. The van der Waals surface area contributed by atoms with Crippen molar-refractivity contribution < 1.29 is 19.1 Å². The summed E-state index contributed by atoms with van der Waals surface area (Å²) in [5.41, 5.74) is 1.76. The molecule has 0 atom stereocenters. The summed E-state index contributed by atoms with van der Waals surface area (Å²) in [5, 5.41) is 0. The second-order valence-corrected chi connectivity index (χ2v) is 11.8. The second-order valence-electron chi connectivity index (χ2n) is 7.42. The normalized spacial score (nSPS) is 11.3. The van der Waals surface area contributed by atoms with Crippen LogP contribution in [0.3, 0.4) is 0 Å². The summed E-state index contributed by atoms with van der Waals surface area (Å²) in [4.78, 5) is 35.6. The average Bonchev–Trinajstić information content (AvgIpc) is 3.19. The SMILES string of the molecule is CC(C)(CC(=O)Oc1ccc(C=CC(=O)Oc2ccc(-c3cc(=S)ss3)cc2)cc1)SN=O. The first-order valence-electron chi connectivity index (χ1n) is 9.66. The maximum Gasteiger partial charge on any atom is 0.336 e. The highest BCUT2D eigenvalue weighted by atomic mass is 32.9.